The van der Waals surface area contributed by atoms with Crippen LogP contribution in [-0.2, 0) is 12.6 Å². The normalized spacial score (nSPS) is 11.7. The molecular weight excluding hydrogens is 179 g/mol. The molecule has 0 unspecified atom stereocenters. The highest BCUT2D eigenvalue weighted by Gasteiger charge is 2.33. The maximum absolute atomic E-state index is 12.3. The molecule has 0 bridgehead atoms. The van der Waals surface area contributed by atoms with E-state index >= 15 is 0 Å². The lowest BCUT2D eigenvalue weighted by atomic mass is 10.1. The number of para-hydroxylation sites is 1. The zero-order valence-electron chi connectivity index (χ0n) is 7.15. The maximum atomic E-state index is 12.3. The fraction of sp³-hybridized carbons (Fsp3) is 0.333. The molecule has 1 nitrogen and oxygen atoms in total. The maximum Gasteiger partial charge on any atom is 0.418 e. The summed E-state index contributed by atoms with van der Waals surface area (Å²) in [5, 5.41) is 0. The number of hydrogen-bond donors (Lipinski definition) is 1. The minimum atomic E-state index is -4.35. The van der Waals surface area contributed by atoms with E-state index in [1.807, 2.05) is 0 Å². The van der Waals surface area contributed by atoms with E-state index in [-0.39, 0.29) is 5.69 Å². The van der Waals surface area contributed by atoms with Gasteiger partial charge in [0.1, 0.15) is 0 Å². The average Bonchev–Trinajstić information content (AvgIpc) is 2.02. The van der Waals surface area contributed by atoms with Gasteiger partial charge in [0.15, 0.2) is 0 Å². The van der Waals surface area contributed by atoms with E-state index in [0.717, 1.165) is 6.07 Å². The van der Waals surface area contributed by atoms with E-state index in [0.29, 0.717) is 12.0 Å². The van der Waals surface area contributed by atoms with Crippen LogP contribution in [0.3, 0.4) is 0 Å². The predicted molar refractivity (Wildman–Crippen MR) is 45.2 cm³/mol. The molecule has 0 radical (unpaired) electrons. The Kier molecular flexibility index (Phi) is 2.50. The summed E-state index contributed by atoms with van der Waals surface area (Å²) < 4.78 is 36.9. The Labute approximate surface area is 74.4 Å². The predicted octanol–water partition coefficient (Wildman–Crippen LogP) is 2.85. The lowest BCUT2D eigenvalue weighted by molar-refractivity contribution is -0.136. The SMILES string of the molecule is CCc1cccc(C(F)(F)F)c1N. The van der Waals surface area contributed by atoms with Gasteiger partial charge in [0, 0.05) is 5.69 Å². The molecule has 4 heteroatoms. The molecule has 72 valence electrons. The average molecular weight is 189 g/mol. The first-order chi connectivity index (χ1) is 5.96. The van der Waals surface area contributed by atoms with E-state index in [9.17, 15) is 13.2 Å². The molecule has 1 aromatic rings. The summed E-state index contributed by atoms with van der Waals surface area (Å²) in [6.45, 7) is 1.77. The van der Waals surface area contributed by atoms with Crippen LogP contribution >= 0.6 is 0 Å². The molecule has 0 aromatic heterocycles. The summed E-state index contributed by atoms with van der Waals surface area (Å²) in [5.41, 5.74) is 5.00. The highest BCUT2D eigenvalue weighted by atomic mass is 19.4. The molecule has 0 atom stereocenters. The van der Waals surface area contributed by atoms with Crippen molar-refractivity contribution in [2.24, 2.45) is 0 Å². The topological polar surface area (TPSA) is 26.0 Å². The van der Waals surface area contributed by atoms with Crippen LogP contribution in [0.4, 0.5) is 18.9 Å². The van der Waals surface area contributed by atoms with E-state index in [1.165, 1.54) is 6.07 Å². The monoisotopic (exact) mass is 189 g/mol. The van der Waals surface area contributed by atoms with Crippen molar-refractivity contribution in [3.8, 4) is 0 Å². The standard InChI is InChI=1S/C9H10F3N/c1-2-6-4-3-5-7(8(6)13)9(10,11)12/h3-5H,2,13H2,1H3. The van der Waals surface area contributed by atoms with Gasteiger partial charge >= 0.3 is 6.18 Å². The number of hydrogen-bond acceptors (Lipinski definition) is 1. The molecule has 0 aliphatic rings. The Hall–Kier alpha value is -1.19. The molecule has 1 aromatic carbocycles. The van der Waals surface area contributed by atoms with Crippen LogP contribution in [-0.4, -0.2) is 0 Å². The first-order valence-electron chi connectivity index (χ1n) is 3.91. The summed E-state index contributed by atoms with van der Waals surface area (Å²) in [7, 11) is 0. The Morgan fingerprint density at radius 1 is 1.31 bits per heavy atom. The van der Waals surface area contributed by atoms with Crippen LogP contribution in [0.5, 0.6) is 0 Å². The zero-order chi connectivity index (χ0) is 10.1. The van der Waals surface area contributed by atoms with Gasteiger partial charge in [-0.2, -0.15) is 13.2 Å². The largest absolute Gasteiger partial charge is 0.418 e. The zero-order valence-corrected chi connectivity index (χ0v) is 7.15. The van der Waals surface area contributed by atoms with Gasteiger partial charge in [0.05, 0.1) is 5.56 Å². The van der Waals surface area contributed by atoms with Crippen molar-refractivity contribution in [2.45, 2.75) is 19.5 Å². The minimum absolute atomic E-state index is 0.155. The number of anilines is 1. The van der Waals surface area contributed by atoms with E-state index < -0.39 is 11.7 Å². The number of nitrogen functional groups attached to an aromatic ring is 1. The molecule has 0 amide bonds. The van der Waals surface area contributed by atoms with Gasteiger partial charge in [-0.15, -0.1) is 0 Å². The smallest absolute Gasteiger partial charge is 0.398 e. The molecule has 0 saturated heterocycles. The number of alkyl halides is 3. The van der Waals surface area contributed by atoms with Crippen molar-refractivity contribution in [1.82, 2.24) is 0 Å². The van der Waals surface area contributed by atoms with Gasteiger partial charge in [-0.1, -0.05) is 19.1 Å². The number of benzene rings is 1. The van der Waals surface area contributed by atoms with Gasteiger partial charge in [0.25, 0.3) is 0 Å². The molecule has 0 heterocycles. The minimum Gasteiger partial charge on any atom is -0.398 e. The Morgan fingerprint density at radius 2 is 1.92 bits per heavy atom. The van der Waals surface area contributed by atoms with Crippen molar-refractivity contribution in [3.05, 3.63) is 29.3 Å². The summed E-state index contributed by atoms with van der Waals surface area (Å²) >= 11 is 0. The fourth-order valence-corrected chi connectivity index (χ4v) is 1.17. The Bertz CT molecular complexity index is 304. The second-order valence-electron chi connectivity index (χ2n) is 2.73. The Morgan fingerprint density at radius 3 is 2.38 bits per heavy atom. The van der Waals surface area contributed by atoms with E-state index in [2.05, 4.69) is 0 Å². The molecule has 13 heavy (non-hydrogen) atoms. The van der Waals surface area contributed by atoms with Crippen LogP contribution in [0, 0.1) is 0 Å². The van der Waals surface area contributed by atoms with Crippen molar-refractivity contribution >= 4 is 5.69 Å². The number of rotatable bonds is 1. The van der Waals surface area contributed by atoms with Crippen molar-refractivity contribution in [3.63, 3.8) is 0 Å². The highest BCUT2D eigenvalue weighted by molar-refractivity contribution is 5.55. The number of aryl methyl sites for hydroxylation is 1. The first kappa shape index (κ1) is 9.89. The summed E-state index contributed by atoms with van der Waals surface area (Å²) in [6.07, 6.45) is -3.84. The lowest BCUT2D eigenvalue weighted by Gasteiger charge is -2.12. The third kappa shape index (κ3) is 1.94. The summed E-state index contributed by atoms with van der Waals surface area (Å²) in [5.74, 6) is 0. The van der Waals surface area contributed by atoms with Gasteiger partial charge in [-0.3, -0.25) is 0 Å². The molecule has 0 spiro atoms. The van der Waals surface area contributed by atoms with Crippen molar-refractivity contribution < 1.29 is 13.2 Å². The third-order valence-corrected chi connectivity index (χ3v) is 1.88. The molecule has 2 N–H and O–H groups in total. The molecular formula is C9H10F3N. The fourth-order valence-electron chi connectivity index (χ4n) is 1.17. The number of nitrogens with two attached hydrogens (primary N) is 1. The molecule has 0 aliphatic carbocycles. The molecule has 0 fully saturated rings. The highest BCUT2D eigenvalue weighted by Crippen LogP contribution is 2.34. The number of halogens is 3. The van der Waals surface area contributed by atoms with Crippen LogP contribution in [0.1, 0.15) is 18.1 Å². The van der Waals surface area contributed by atoms with Crippen LogP contribution in [0.15, 0.2) is 18.2 Å². The molecule has 0 aliphatic heterocycles. The van der Waals surface area contributed by atoms with Gasteiger partial charge < -0.3 is 5.73 Å². The van der Waals surface area contributed by atoms with Gasteiger partial charge in [-0.05, 0) is 18.1 Å². The molecule has 0 saturated carbocycles. The lowest BCUT2D eigenvalue weighted by Crippen LogP contribution is -2.10. The van der Waals surface area contributed by atoms with Gasteiger partial charge in [0.2, 0.25) is 0 Å². The van der Waals surface area contributed by atoms with Crippen LogP contribution in [0.25, 0.3) is 0 Å². The Balaban J connectivity index is 3.24. The van der Waals surface area contributed by atoms with Gasteiger partial charge in [-0.25, -0.2) is 0 Å². The van der Waals surface area contributed by atoms with Crippen molar-refractivity contribution in [2.75, 3.05) is 5.73 Å². The van der Waals surface area contributed by atoms with Crippen molar-refractivity contribution in [1.29, 1.82) is 0 Å². The molecule has 1 rings (SSSR count). The third-order valence-electron chi connectivity index (χ3n) is 1.88. The van der Waals surface area contributed by atoms with Crippen LogP contribution in [0.2, 0.25) is 0 Å². The van der Waals surface area contributed by atoms with E-state index in [4.69, 9.17) is 5.73 Å². The second kappa shape index (κ2) is 3.28. The van der Waals surface area contributed by atoms with Crippen LogP contribution < -0.4 is 5.73 Å². The first-order valence-corrected chi connectivity index (χ1v) is 3.91. The summed E-state index contributed by atoms with van der Waals surface area (Å²) in [6, 6.07) is 3.97. The quantitative estimate of drug-likeness (QED) is 0.675. The second-order valence-corrected chi connectivity index (χ2v) is 2.73. The van der Waals surface area contributed by atoms with E-state index in [1.54, 1.807) is 13.0 Å². The summed E-state index contributed by atoms with van der Waals surface area (Å²) in [4.78, 5) is 0.